The summed E-state index contributed by atoms with van der Waals surface area (Å²) in [4.78, 5) is 1.74. The molecule has 0 radical (unpaired) electrons. The second-order valence-electron chi connectivity index (χ2n) is 13.5. The van der Waals surface area contributed by atoms with Gasteiger partial charge in [0.1, 0.15) is 0 Å². The fourth-order valence-electron chi connectivity index (χ4n) is 8.23. The van der Waals surface area contributed by atoms with Crippen molar-refractivity contribution < 1.29 is 13.2 Å². The molecule has 0 atom stereocenters. The van der Waals surface area contributed by atoms with Gasteiger partial charge in [0.25, 0.3) is 0 Å². The van der Waals surface area contributed by atoms with Gasteiger partial charge in [-0.1, -0.05) is 137 Å². The van der Waals surface area contributed by atoms with Gasteiger partial charge in [-0.2, -0.15) is 13.2 Å². The molecule has 0 fully saturated rings. The first-order valence-electron chi connectivity index (χ1n) is 14.7. The second-order valence-corrected chi connectivity index (χ2v) is 45.8. The Kier molecular flexibility index (Phi) is 9.14. The quantitative estimate of drug-likeness (QED) is 0.250. The van der Waals surface area contributed by atoms with Crippen LogP contribution < -0.4 is 0 Å². The van der Waals surface area contributed by atoms with Crippen LogP contribution in [0.3, 0.4) is 0 Å². The Hall–Kier alpha value is -1.42. The predicted molar refractivity (Wildman–Crippen MR) is 176 cm³/mol. The van der Waals surface area contributed by atoms with Crippen LogP contribution >= 0.6 is 0 Å². The number of aryl methyl sites for hydroxylation is 1. The number of hydrogen-bond acceptors (Lipinski definition) is 0. The van der Waals surface area contributed by atoms with Crippen LogP contribution in [-0.2, 0) is 6.18 Å². The molecule has 1 heterocycles. The van der Waals surface area contributed by atoms with Crippen LogP contribution in [0.25, 0.3) is 11.1 Å². The van der Waals surface area contributed by atoms with Crippen molar-refractivity contribution in [2.45, 2.75) is 105 Å². The smallest absolute Gasteiger partial charge is 0.166 e. The lowest BCUT2D eigenvalue weighted by Gasteiger charge is -2.56. The standard InChI is InChI=1S/C32H49F3Si4/c1-12-28-29(25-19-16-18-24(5)22-25)30(26-20-17-21-27(23-26)32(33,34)35)31(38(13-2,14-3)15-4)39(28,36(6,7)8)37(9,10)11/h16-23H,12-15H2,1-11H3. The molecule has 39 heavy (non-hydrogen) atoms. The zero-order valence-corrected chi connectivity index (χ0v) is 30.1. The Balaban J connectivity index is 2.76. The molecule has 7 heteroatoms. The van der Waals surface area contributed by atoms with Crippen molar-refractivity contribution in [1.82, 2.24) is 0 Å². The molecule has 0 amide bonds. The first kappa shape index (κ1) is 32.1. The van der Waals surface area contributed by atoms with Gasteiger partial charge in [-0.25, -0.2) is 0 Å². The number of benzene rings is 2. The van der Waals surface area contributed by atoms with E-state index in [9.17, 15) is 13.2 Å². The Morgan fingerprint density at radius 3 is 1.59 bits per heavy atom. The van der Waals surface area contributed by atoms with E-state index in [-0.39, 0.29) is 0 Å². The Bertz CT molecular complexity index is 1250. The lowest BCUT2D eigenvalue weighted by Crippen LogP contribution is -2.76. The maximum atomic E-state index is 14.1. The van der Waals surface area contributed by atoms with E-state index in [4.69, 9.17) is 0 Å². The maximum absolute atomic E-state index is 14.1. The van der Waals surface area contributed by atoms with Crippen molar-refractivity contribution in [1.29, 1.82) is 0 Å². The molecule has 3 rings (SSSR count). The van der Waals surface area contributed by atoms with Gasteiger partial charge < -0.3 is 0 Å². The maximum Gasteiger partial charge on any atom is 0.416 e. The Labute approximate surface area is 239 Å². The molecule has 0 nitrogen and oxygen atoms in total. The van der Waals surface area contributed by atoms with E-state index >= 15 is 0 Å². The summed E-state index contributed by atoms with van der Waals surface area (Å²) in [5.74, 6) is 0. The van der Waals surface area contributed by atoms with Crippen LogP contribution in [-0.4, -0.2) is 30.4 Å². The van der Waals surface area contributed by atoms with Crippen molar-refractivity contribution in [2.75, 3.05) is 0 Å². The summed E-state index contributed by atoms with van der Waals surface area (Å²) in [6, 6.07) is 18.5. The highest BCUT2D eigenvalue weighted by Crippen LogP contribution is 2.59. The predicted octanol–water partition coefficient (Wildman–Crippen LogP) is 11.1. The van der Waals surface area contributed by atoms with Crippen molar-refractivity contribution >= 4 is 41.5 Å². The zero-order valence-electron chi connectivity index (χ0n) is 26.1. The monoisotopic (exact) mass is 602 g/mol. The van der Waals surface area contributed by atoms with E-state index < -0.39 is 42.1 Å². The Morgan fingerprint density at radius 2 is 1.18 bits per heavy atom. The number of alkyl halides is 3. The van der Waals surface area contributed by atoms with E-state index in [0.29, 0.717) is 0 Å². The summed E-state index contributed by atoms with van der Waals surface area (Å²) >= 11 is 0. The van der Waals surface area contributed by atoms with Crippen LogP contribution in [0.5, 0.6) is 0 Å². The van der Waals surface area contributed by atoms with Crippen LogP contribution in [0.1, 0.15) is 56.4 Å². The van der Waals surface area contributed by atoms with Gasteiger partial charge in [0.05, 0.1) is 20.7 Å². The first-order chi connectivity index (χ1) is 18.0. The molecule has 1 aliphatic heterocycles. The molecule has 1 aliphatic rings. The normalized spacial score (nSPS) is 16.9. The molecule has 0 unspecified atom stereocenters. The number of halogens is 3. The van der Waals surface area contributed by atoms with Gasteiger partial charge in [-0.15, -0.1) is 0 Å². The molecule has 0 N–H and O–H groups in total. The van der Waals surface area contributed by atoms with E-state index in [1.165, 1.54) is 34.4 Å². The number of hydrogen-bond donors (Lipinski definition) is 0. The summed E-state index contributed by atoms with van der Waals surface area (Å²) in [5, 5.41) is 1.65. The van der Waals surface area contributed by atoms with Crippen molar-refractivity contribution in [3.8, 4) is 0 Å². The average Bonchev–Trinajstić information content (AvgIpc) is 3.18. The topological polar surface area (TPSA) is 0 Å². The number of allylic oxidation sites excluding steroid dienone is 3. The van der Waals surface area contributed by atoms with Gasteiger partial charge >= 0.3 is 6.18 Å². The highest BCUT2D eigenvalue weighted by Gasteiger charge is 2.65. The molecule has 0 saturated heterocycles. The highest BCUT2D eigenvalue weighted by atomic mass is 29.6. The SMILES string of the molecule is CCC1=C(c2cccc(C)c2)C(c2cccc(C(F)(F)F)c2)=C([Si](CC)(CC)CC)[Si]1([Si](C)(C)C)[Si](C)(C)C. The van der Waals surface area contributed by atoms with Gasteiger partial charge in [-0.05, 0) is 47.8 Å². The summed E-state index contributed by atoms with van der Waals surface area (Å²) < 4.78 is 42.4. The molecule has 2 aromatic carbocycles. The minimum Gasteiger partial charge on any atom is -0.166 e. The first-order valence-corrected chi connectivity index (χ1v) is 28.3. The van der Waals surface area contributed by atoms with Gasteiger partial charge in [0.15, 0.2) is 0 Å². The van der Waals surface area contributed by atoms with Crippen molar-refractivity contribution in [3.05, 3.63) is 80.8 Å². The lowest BCUT2D eigenvalue weighted by molar-refractivity contribution is -0.137. The van der Waals surface area contributed by atoms with E-state index in [2.05, 4.69) is 98.2 Å². The Morgan fingerprint density at radius 1 is 0.692 bits per heavy atom. The van der Waals surface area contributed by atoms with Crippen LogP contribution in [0, 0.1) is 6.92 Å². The van der Waals surface area contributed by atoms with E-state index in [1.807, 2.05) is 6.07 Å². The number of rotatable bonds is 9. The van der Waals surface area contributed by atoms with Crippen molar-refractivity contribution in [2.24, 2.45) is 0 Å². The fourth-order valence-corrected chi connectivity index (χ4v) is 75.5. The van der Waals surface area contributed by atoms with Gasteiger partial charge in [0, 0.05) is 15.2 Å². The lowest BCUT2D eigenvalue weighted by atomic mass is 9.91. The minimum absolute atomic E-state index is 0.537. The fraction of sp³-hybridized carbons (Fsp3) is 0.500. The third-order valence-corrected chi connectivity index (χ3v) is 56.5. The van der Waals surface area contributed by atoms with Crippen LogP contribution in [0.4, 0.5) is 13.2 Å². The molecular weight excluding hydrogens is 554 g/mol. The van der Waals surface area contributed by atoms with Gasteiger partial charge in [-0.3, -0.25) is 0 Å². The molecular formula is C32H49F3Si4. The molecule has 0 saturated carbocycles. The zero-order chi connectivity index (χ0) is 29.6. The second kappa shape index (κ2) is 11.1. The summed E-state index contributed by atoms with van der Waals surface area (Å²) in [7, 11) is -7.92. The van der Waals surface area contributed by atoms with Gasteiger partial charge in [0.2, 0.25) is 0 Å². The molecule has 2 aromatic rings. The van der Waals surface area contributed by atoms with Crippen molar-refractivity contribution in [3.63, 3.8) is 0 Å². The minimum atomic E-state index is -4.36. The van der Waals surface area contributed by atoms with Crippen LogP contribution in [0.15, 0.2) is 58.5 Å². The summed E-state index contributed by atoms with van der Waals surface area (Å²) in [6.45, 7) is 27.1. The third-order valence-electron chi connectivity index (χ3n) is 9.58. The third kappa shape index (κ3) is 5.21. The summed E-state index contributed by atoms with van der Waals surface area (Å²) in [5.41, 5.74) is 5.18. The van der Waals surface area contributed by atoms with E-state index in [0.717, 1.165) is 30.1 Å². The largest absolute Gasteiger partial charge is 0.416 e. The highest BCUT2D eigenvalue weighted by molar-refractivity contribution is 7.75. The van der Waals surface area contributed by atoms with Crippen LogP contribution in [0.2, 0.25) is 57.4 Å². The average molecular weight is 603 g/mol. The molecule has 0 spiro atoms. The molecule has 214 valence electrons. The summed E-state index contributed by atoms with van der Waals surface area (Å²) in [6.07, 6.45) is -3.38. The van der Waals surface area contributed by atoms with E-state index in [1.54, 1.807) is 16.1 Å². The molecule has 0 bridgehead atoms. The molecule has 0 aromatic heterocycles. The molecule has 0 aliphatic carbocycles.